The summed E-state index contributed by atoms with van der Waals surface area (Å²) in [5.74, 6) is -3.92. The molecule has 106 valence electrons. The van der Waals surface area contributed by atoms with Crippen LogP contribution in [0.5, 0.6) is 0 Å². The molecule has 0 saturated heterocycles. The number of aryl methyl sites for hydroxylation is 1. The van der Waals surface area contributed by atoms with Gasteiger partial charge in [-0.3, -0.25) is 4.21 Å². The van der Waals surface area contributed by atoms with E-state index in [1.807, 2.05) is 0 Å². The largest absolute Gasteiger partial charge is 0.398 e. The Morgan fingerprint density at radius 3 is 2.45 bits per heavy atom. The van der Waals surface area contributed by atoms with Crippen molar-refractivity contribution >= 4 is 16.5 Å². The van der Waals surface area contributed by atoms with Gasteiger partial charge in [0, 0.05) is 11.3 Å². The van der Waals surface area contributed by atoms with Crippen molar-refractivity contribution in [3.63, 3.8) is 0 Å². The van der Waals surface area contributed by atoms with E-state index in [-0.39, 0.29) is 16.1 Å². The molecule has 0 bridgehead atoms. The summed E-state index contributed by atoms with van der Waals surface area (Å²) in [4.78, 5) is 0.264. The Morgan fingerprint density at radius 2 is 1.80 bits per heavy atom. The van der Waals surface area contributed by atoms with Gasteiger partial charge in [0.2, 0.25) is 0 Å². The molecule has 0 heterocycles. The predicted octanol–water partition coefficient (Wildman–Crippen LogP) is 3.48. The first-order valence-electron chi connectivity index (χ1n) is 6.08. The molecule has 0 saturated carbocycles. The average molecular weight is 295 g/mol. The van der Waals surface area contributed by atoms with Crippen LogP contribution in [0, 0.1) is 6.92 Å². The van der Waals surface area contributed by atoms with Crippen LogP contribution in [-0.4, -0.2) is 9.96 Å². The van der Waals surface area contributed by atoms with Crippen LogP contribution >= 0.6 is 0 Å². The fourth-order valence-electron chi connectivity index (χ4n) is 1.85. The Kier molecular flexibility index (Phi) is 4.18. The molecule has 0 radical (unpaired) electrons. The Balaban J connectivity index is 2.25. The van der Waals surface area contributed by atoms with Gasteiger partial charge in [0.05, 0.1) is 21.4 Å². The van der Waals surface area contributed by atoms with Crippen molar-refractivity contribution in [2.75, 3.05) is 11.5 Å². The van der Waals surface area contributed by atoms with E-state index in [9.17, 15) is 13.0 Å². The van der Waals surface area contributed by atoms with Crippen LogP contribution < -0.4 is 5.73 Å². The standard InChI is InChI=1S/C15H15F2NOS/c1-11-7-8-13(18)14(9-11)20(19)10-15(16,17)12-5-3-2-4-6-12/h2-9H,10,18H2,1H3. The lowest BCUT2D eigenvalue weighted by molar-refractivity contribution is 0.0222. The molecule has 0 aliphatic heterocycles. The van der Waals surface area contributed by atoms with Gasteiger partial charge >= 0.3 is 0 Å². The minimum Gasteiger partial charge on any atom is -0.398 e. The maximum atomic E-state index is 14.1. The number of anilines is 1. The lowest BCUT2D eigenvalue weighted by Crippen LogP contribution is -2.22. The van der Waals surface area contributed by atoms with E-state index >= 15 is 0 Å². The lowest BCUT2D eigenvalue weighted by Gasteiger charge is -2.17. The summed E-state index contributed by atoms with van der Waals surface area (Å²) in [5, 5.41) is 0. The van der Waals surface area contributed by atoms with Crippen LogP contribution in [0.3, 0.4) is 0 Å². The third kappa shape index (κ3) is 3.22. The molecule has 2 aromatic carbocycles. The summed E-state index contributed by atoms with van der Waals surface area (Å²) in [6.07, 6.45) is 0. The summed E-state index contributed by atoms with van der Waals surface area (Å²) in [6, 6.07) is 12.3. The molecule has 0 fully saturated rings. The fraction of sp³-hybridized carbons (Fsp3) is 0.200. The molecule has 1 unspecified atom stereocenters. The summed E-state index contributed by atoms with van der Waals surface area (Å²) < 4.78 is 40.3. The van der Waals surface area contributed by atoms with Crippen molar-refractivity contribution in [2.24, 2.45) is 0 Å². The molecule has 0 aliphatic rings. The molecule has 2 nitrogen and oxygen atoms in total. The smallest absolute Gasteiger partial charge is 0.284 e. The SMILES string of the molecule is Cc1ccc(N)c(S(=O)CC(F)(F)c2ccccc2)c1. The van der Waals surface area contributed by atoms with Gasteiger partial charge in [-0.2, -0.15) is 0 Å². The summed E-state index contributed by atoms with van der Waals surface area (Å²) >= 11 is 0. The molecule has 2 N–H and O–H groups in total. The highest BCUT2D eigenvalue weighted by molar-refractivity contribution is 7.85. The van der Waals surface area contributed by atoms with Crippen LogP contribution in [-0.2, 0) is 16.7 Å². The number of hydrogen-bond acceptors (Lipinski definition) is 2. The summed E-state index contributed by atoms with van der Waals surface area (Å²) in [5.41, 5.74) is 6.68. The van der Waals surface area contributed by atoms with E-state index in [4.69, 9.17) is 5.73 Å². The van der Waals surface area contributed by atoms with Crippen LogP contribution in [0.1, 0.15) is 11.1 Å². The minimum atomic E-state index is -3.15. The third-order valence-electron chi connectivity index (χ3n) is 2.92. The fourth-order valence-corrected chi connectivity index (χ4v) is 3.15. The van der Waals surface area contributed by atoms with Gasteiger partial charge in [-0.15, -0.1) is 0 Å². The van der Waals surface area contributed by atoms with Crippen molar-refractivity contribution < 1.29 is 13.0 Å². The van der Waals surface area contributed by atoms with Crippen LogP contribution in [0.25, 0.3) is 0 Å². The number of nitrogens with two attached hydrogens (primary N) is 1. The summed E-state index contributed by atoms with van der Waals surface area (Å²) in [6.45, 7) is 1.80. The lowest BCUT2D eigenvalue weighted by atomic mass is 10.1. The molecular weight excluding hydrogens is 280 g/mol. The second kappa shape index (κ2) is 5.71. The highest BCUT2D eigenvalue weighted by atomic mass is 32.2. The van der Waals surface area contributed by atoms with Gasteiger partial charge in [0.25, 0.3) is 5.92 Å². The van der Waals surface area contributed by atoms with Gasteiger partial charge in [-0.1, -0.05) is 36.4 Å². The first-order valence-corrected chi connectivity index (χ1v) is 7.40. The first kappa shape index (κ1) is 14.7. The molecule has 2 aromatic rings. The molecule has 20 heavy (non-hydrogen) atoms. The van der Waals surface area contributed by atoms with Crippen molar-refractivity contribution in [3.8, 4) is 0 Å². The topological polar surface area (TPSA) is 43.1 Å². The minimum absolute atomic E-state index is 0.139. The molecule has 2 rings (SSSR count). The molecule has 0 aromatic heterocycles. The summed E-state index contributed by atoms with van der Waals surface area (Å²) in [7, 11) is -1.85. The van der Waals surface area contributed by atoms with Crippen LogP contribution in [0.2, 0.25) is 0 Å². The first-order chi connectivity index (χ1) is 9.40. The zero-order chi connectivity index (χ0) is 14.8. The zero-order valence-electron chi connectivity index (χ0n) is 11.0. The third-order valence-corrected chi connectivity index (χ3v) is 4.39. The molecule has 1 atom stereocenters. The highest BCUT2D eigenvalue weighted by Gasteiger charge is 2.34. The van der Waals surface area contributed by atoms with Gasteiger partial charge in [0.15, 0.2) is 0 Å². The average Bonchev–Trinajstić information content (AvgIpc) is 2.42. The molecule has 0 amide bonds. The van der Waals surface area contributed by atoms with E-state index in [0.717, 1.165) is 5.56 Å². The van der Waals surface area contributed by atoms with E-state index in [2.05, 4.69) is 0 Å². The molecule has 5 heteroatoms. The molecule has 0 aliphatic carbocycles. The number of hydrogen-bond donors (Lipinski definition) is 1. The highest BCUT2D eigenvalue weighted by Crippen LogP contribution is 2.31. The van der Waals surface area contributed by atoms with Gasteiger partial charge in [-0.05, 0) is 24.6 Å². The van der Waals surface area contributed by atoms with Gasteiger partial charge in [-0.25, -0.2) is 8.78 Å². The van der Waals surface area contributed by atoms with E-state index in [1.165, 1.54) is 24.3 Å². The normalized spacial score (nSPS) is 13.2. The van der Waals surface area contributed by atoms with Gasteiger partial charge in [0.1, 0.15) is 0 Å². The van der Waals surface area contributed by atoms with Crippen molar-refractivity contribution in [1.29, 1.82) is 0 Å². The Morgan fingerprint density at radius 1 is 1.15 bits per heavy atom. The van der Waals surface area contributed by atoms with E-state index < -0.39 is 22.5 Å². The quantitative estimate of drug-likeness (QED) is 0.878. The van der Waals surface area contributed by atoms with Crippen LogP contribution in [0.4, 0.5) is 14.5 Å². The number of alkyl halides is 2. The number of halogens is 2. The monoisotopic (exact) mass is 295 g/mol. The van der Waals surface area contributed by atoms with E-state index in [1.54, 1.807) is 31.2 Å². The van der Waals surface area contributed by atoms with Gasteiger partial charge < -0.3 is 5.73 Å². The Bertz CT molecular complexity index is 629. The second-order valence-electron chi connectivity index (χ2n) is 4.60. The zero-order valence-corrected chi connectivity index (χ0v) is 11.8. The number of nitrogen functional groups attached to an aromatic ring is 1. The Hall–Kier alpha value is -1.75. The van der Waals surface area contributed by atoms with E-state index in [0.29, 0.717) is 0 Å². The Labute approximate surface area is 119 Å². The number of rotatable bonds is 4. The number of benzene rings is 2. The van der Waals surface area contributed by atoms with Crippen molar-refractivity contribution in [2.45, 2.75) is 17.7 Å². The maximum absolute atomic E-state index is 14.1. The van der Waals surface area contributed by atoms with Crippen molar-refractivity contribution in [1.82, 2.24) is 0 Å². The molecular formula is C15H15F2NOS. The predicted molar refractivity (Wildman–Crippen MR) is 77.2 cm³/mol. The van der Waals surface area contributed by atoms with Crippen LogP contribution in [0.15, 0.2) is 53.4 Å². The molecule has 0 spiro atoms. The van der Waals surface area contributed by atoms with Crippen molar-refractivity contribution in [3.05, 3.63) is 59.7 Å². The second-order valence-corrected chi connectivity index (χ2v) is 6.02. The maximum Gasteiger partial charge on any atom is 0.284 e.